The molecule has 0 N–H and O–H groups in total. The van der Waals surface area contributed by atoms with Crippen molar-refractivity contribution in [3.63, 3.8) is 0 Å². The first-order valence-corrected chi connectivity index (χ1v) is 9.55. The van der Waals surface area contributed by atoms with Gasteiger partial charge in [-0.25, -0.2) is 14.6 Å². The lowest BCUT2D eigenvalue weighted by Crippen LogP contribution is -2.31. The molecule has 5 nitrogen and oxygen atoms in total. The van der Waals surface area contributed by atoms with Gasteiger partial charge in [0.15, 0.2) is 0 Å². The fraction of sp³-hybridized carbons (Fsp3) is 0.174. The monoisotopic (exact) mass is 367 g/mol. The van der Waals surface area contributed by atoms with Gasteiger partial charge >= 0.3 is 0 Å². The summed E-state index contributed by atoms with van der Waals surface area (Å²) in [4.78, 5) is 11.7. The van der Waals surface area contributed by atoms with Crippen molar-refractivity contribution in [2.75, 3.05) is 11.4 Å². The average Bonchev–Trinajstić information content (AvgIpc) is 3.16. The second-order valence-corrected chi connectivity index (χ2v) is 7.09. The maximum Gasteiger partial charge on any atom is 0.226 e. The number of aromatic nitrogens is 4. The van der Waals surface area contributed by atoms with Crippen LogP contribution in [0.4, 0.5) is 5.95 Å². The van der Waals surface area contributed by atoms with Crippen molar-refractivity contribution in [1.82, 2.24) is 19.7 Å². The Morgan fingerprint density at radius 1 is 0.893 bits per heavy atom. The van der Waals surface area contributed by atoms with Crippen LogP contribution < -0.4 is 4.90 Å². The molecule has 4 aromatic rings. The summed E-state index contributed by atoms with van der Waals surface area (Å²) in [5.41, 5.74) is 6.72. The van der Waals surface area contributed by atoms with Crippen LogP contribution in [-0.2, 0) is 13.0 Å². The Morgan fingerprint density at radius 2 is 1.68 bits per heavy atom. The number of para-hydroxylation sites is 1. The Balaban J connectivity index is 1.46. The number of hydrogen-bond acceptors (Lipinski definition) is 4. The van der Waals surface area contributed by atoms with E-state index in [9.17, 15) is 0 Å². The van der Waals surface area contributed by atoms with Crippen molar-refractivity contribution >= 4 is 5.95 Å². The third-order valence-electron chi connectivity index (χ3n) is 5.25. The maximum absolute atomic E-state index is 4.87. The molecule has 2 aromatic carbocycles. The summed E-state index contributed by atoms with van der Waals surface area (Å²) < 4.78 is 1.91. The highest BCUT2D eigenvalue weighted by atomic mass is 15.3. The van der Waals surface area contributed by atoms with E-state index < -0.39 is 0 Å². The van der Waals surface area contributed by atoms with Crippen LogP contribution >= 0.6 is 0 Å². The summed E-state index contributed by atoms with van der Waals surface area (Å²) in [5.74, 6) is 0.777. The van der Waals surface area contributed by atoms with E-state index in [4.69, 9.17) is 4.98 Å². The number of hydrogen-bond donors (Lipinski definition) is 0. The first-order valence-electron chi connectivity index (χ1n) is 9.55. The highest BCUT2D eigenvalue weighted by Gasteiger charge is 2.19. The molecule has 1 aliphatic heterocycles. The van der Waals surface area contributed by atoms with Gasteiger partial charge in [0.25, 0.3) is 0 Å². The summed E-state index contributed by atoms with van der Waals surface area (Å²) in [5, 5.41) is 4.67. The lowest BCUT2D eigenvalue weighted by Gasteiger charge is -2.28. The van der Waals surface area contributed by atoms with Crippen LogP contribution in [0.25, 0.3) is 16.9 Å². The summed E-state index contributed by atoms with van der Waals surface area (Å²) in [6.07, 6.45) is 4.91. The van der Waals surface area contributed by atoms with Crippen LogP contribution in [0.5, 0.6) is 0 Å². The molecule has 0 bridgehead atoms. The van der Waals surface area contributed by atoms with Crippen LogP contribution in [0, 0.1) is 6.92 Å². The zero-order chi connectivity index (χ0) is 18.9. The van der Waals surface area contributed by atoms with Gasteiger partial charge in [-0.3, -0.25) is 0 Å². The Hall–Kier alpha value is -3.47. The molecule has 5 rings (SSSR count). The summed E-state index contributed by atoms with van der Waals surface area (Å²) >= 11 is 0. The van der Waals surface area contributed by atoms with Crippen molar-refractivity contribution in [3.05, 3.63) is 89.9 Å². The number of benzene rings is 2. The predicted octanol–water partition coefficient (Wildman–Crippen LogP) is 4.20. The number of rotatable bonds is 3. The summed E-state index contributed by atoms with van der Waals surface area (Å²) in [7, 11) is 0. The van der Waals surface area contributed by atoms with Crippen molar-refractivity contribution in [2.24, 2.45) is 0 Å². The highest BCUT2D eigenvalue weighted by molar-refractivity contribution is 5.63. The van der Waals surface area contributed by atoms with Crippen LogP contribution in [0.2, 0.25) is 0 Å². The second kappa shape index (κ2) is 6.93. The van der Waals surface area contributed by atoms with E-state index in [0.717, 1.165) is 48.1 Å². The Labute approximate surface area is 164 Å². The molecule has 28 heavy (non-hydrogen) atoms. The fourth-order valence-electron chi connectivity index (χ4n) is 3.74. The van der Waals surface area contributed by atoms with Crippen LogP contribution in [-0.4, -0.2) is 26.3 Å². The Bertz CT molecular complexity index is 1120. The number of anilines is 1. The predicted molar refractivity (Wildman–Crippen MR) is 111 cm³/mol. The zero-order valence-electron chi connectivity index (χ0n) is 15.8. The Morgan fingerprint density at radius 3 is 2.54 bits per heavy atom. The topological polar surface area (TPSA) is 46.8 Å². The minimum Gasteiger partial charge on any atom is -0.336 e. The fourth-order valence-corrected chi connectivity index (χ4v) is 3.74. The zero-order valence-corrected chi connectivity index (χ0v) is 15.8. The minimum absolute atomic E-state index is 0.777. The van der Waals surface area contributed by atoms with Gasteiger partial charge in [0, 0.05) is 31.0 Å². The van der Waals surface area contributed by atoms with E-state index in [0.29, 0.717) is 0 Å². The molecule has 0 atom stereocenters. The lowest BCUT2D eigenvalue weighted by atomic mass is 10.0. The van der Waals surface area contributed by atoms with E-state index in [-0.39, 0.29) is 0 Å². The molecule has 0 aliphatic carbocycles. The molecule has 1 aliphatic rings. The first kappa shape index (κ1) is 16.7. The molecule has 0 saturated heterocycles. The van der Waals surface area contributed by atoms with Gasteiger partial charge in [0.2, 0.25) is 5.95 Å². The molecule has 3 heterocycles. The Kier molecular flexibility index (Phi) is 4.13. The van der Waals surface area contributed by atoms with Gasteiger partial charge in [0.05, 0.1) is 17.1 Å². The highest BCUT2D eigenvalue weighted by Crippen LogP contribution is 2.26. The summed E-state index contributed by atoms with van der Waals surface area (Å²) in [6.45, 7) is 3.80. The van der Waals surface area contributed by atoms with E-state index in [1.807, 2.05) is 60.4 Å². The molecule has 2 aromatic heterocycles. The van der Waals surface area contributed by atoms with Crippen LogP contribution in [0.15, 0.2) is 73.1 Å². The third-order valence-corrected chi connectivity index (χ3v) is 5.25. The largest absolute Gasteiger partial charge is 0.336 e. The van der Waals surface area contributed by atoms with Gasteiger partial charge in [-0.2, -0.15) is 5.10 Å². The van der Waals surface area contributed by atoms with Crippen molar-refractivity contribution in [3.8, 4) is 16.9 Å². The molecule has 5 heteroatoms. The molecule has 0 unspecified atom stereocenters. The summed E-state index contributed by atoms with van der Waals surface area (Å²) in [6, 6.07) is 20.7. The number of fused-ring (bicyclic) bond motifs is 1. The van der Waals surface area contributed by atoms with Crippen molar-refractivity contribution in [1.29, 1.82) is 0 Å². The number of aryl methyl sites for hydroxylation is 1. The van der Waals surface area contributed by atoms with Crippen molar-refractivity contribution < 1.29 is 0 Å². The van der Waals surface area contributed by atoms with E-state index in [2.05, 4.69) is 39.2 Å². The van der Waals surface area contributed by atoms with Crippen LogP contribution in [0.1, 0.15) is 16.8 Å². The normalized spacial score (nSPS) is 13.4. The maximum atomic E-state index is 4.87. The van der Waals surface area contributed by atoms with Crippen LogP contribution in [0.3, 0.4) is 0 Å². The smallest absolute Gasteiger partial charge is 0.226 e. The second-order valence-electron chi connectivity index (χ2n) is 7.09. The number of nitrogens with zero attached hydrogens (tertiary/aromatic N) is 5. The quantitative estimate of drug-likeness (QED) is 0.544. The van der Waals surface area contributed by atoms with Gasteiger partial charge in [-0.05, 0) is 42.7 Å². The molecule has 0 radical (unpaired) electrons. The van der Waals surface area contributed by atoms with Gasteiger partial charge < -0.3 is 4.90 Å². The molecule has 0 amide bonds. The third kappa shape index (κ3) is 3.05. The van der Waals surface area contributed by atoms with E-state index >= 15 is 0 Å². The van der Waals surface area contributed by atoms with E-state index in [1.165, 1.54) is 11.1 Å². The molecular formula is C23H21N5. The standard InChI is InChI=1S/C23H21N5/c1-17-21(16-28(26-17)20-9-3-2-4-10-20)22-11-13-24-23(25-22)27-14-12-18-7-5-6-8-19(18)15-27/h2-11,13,16H,12,14-15H2,1H3. The first-order chi connectivity index (χ1) is 13.8. The molecule has 138 valence electrons. The minimum atomic E-state index is 0.777. The van der Waals surface area contributed by atoms with Gasteiger partial charge in [-0.1, -0.05) is 42.5 Å². The average molecular weight is 367 g/mol. The lowest BCUT2D eigenvalue weighted by molar-refractivity contribution is 0.708. The van der Waals surface area contributed by atoms with Gasteiger partial charge in [0.1, 0.15) is 0 Å². The SMILES string of the molecule is Cc1nn(-c2ccccc2)cc1-c1ccnc(N2CCc3ccccc3C2)n1. The molecule has 0 spiro atoms. The molecule has 0 fully saturated rings. The van der Waals surface area contributed by atoms with Gasteiger partial charge in [-0.15, -0.1) is 0 Å². The molecular weight excluding hydrogens is 346 g/mol. The molecule has 0 saturated carbocycles. The van der Waals surface area contributed by atoms with Crippen molar-refractivity contribution in [2.45, 2.75) is 19.9 Å². The van der Waals surface area contributed by atoms with E-state index in [1.54, 1.807) is 0 Å².